The first kappa shape index (κ1) is 21.3. The van der Waals surface area contributed by atoms with Gasteiger partial charge in [-0.3, -0.25) is 0 Å². The van der Waals surface area contributed by atoms with Crippen LogP contribution in [0.25, 0.3) is 0 Å². The van der Waals surface area contributed by atoms with Gasteiger partial charge in [-0.25, -0.2) is 0 Å². The largest absolute Gasteiger partial charge is 0.493 e. The third-order valence-corrected chi connectivity index (χ3v) is 5.31. The molecule has 2 atom stereocenters. The third-order valence-electron chi connectivity index (χ3n) is 5.31. The van der Waals surface area contributed by atoms with Gasteiger partial charge in [-0.2, -0.15) is 0 Å². The van der Waals surface area contributed by atoms with Crippen molar-refractivity contribution in [2.24, 2.45) is 11.8 Å². The minimum atomic E-state index is 0.281. The van der Waals surface area contributed by atoms with Crippen molar-refractivity contribution in [2.45, 2.75) is 12.8 Å². The third kappa shape index (κ3) is 5.34. The maximum Gasteiger partial charge on any atom is 0.231 e. The van der Waals surface area contributed by atoms with E-state index in [4.69, 9.17) is 28.4 Å². The number of benzene rings is 2. The summed E-state index contributed by atoms with van der Waals surface area (Å²) in [5, 5.41) is 0. The van der Waals surface area contributed by atoms with Crippen LogP contribution in [-0.4, -0.2) is 48.4 Å². The van der Waals surface area contributed by atoms with Crippen molar-refractivity contribution < 1.29 is 28.4 Å². The number of rotatable bonds is 11. The normalized spacial score (nSPS) is 14.5. The van der Waals surface area contributed by atoms with Gasteiger partial charge in [-0.1, -0.05) is 12.1 Å². The average Bonchev–Trinajstić information content (AvgIpc) is 3.21. The molecule has 0 saturated heterocycles. The Kier molecular flexibility index (Phi) is 7.61. The van der Waals surface area contributed by atoms with Crippen LogP contribution < -0.4 is 18.9 Å². The van der Waals surface area contributed by atoms with E-state index in [1.807, 2.05) is 18.2 Å². The standard InChI is InChI=1S/C23H30O6/c1-24-13-18(9-16-5-7-20(26-3)22(11-16)27-4)19(14-25-2)10-17-6-8-21-23(12-17)29-15-28-21/h5-8,11-12,18-19H,9-10,13-15H2,1-4H3/t18-,19-/m1/s1. The van der Waals surface area contributed by atoms with Gasteiger partial charge in [0.2, 0.25) is 6.79 Å². The van der Waals surface area contributed by atoms with Gasteiger partial charge in [-0.15, -0.1) is 0 Å². The summed E-state index contributed by atoms with van der Waals surface area (Å²) in [4.78, 5) is 0. The van der Waals surface area contributed by atoms with Crippen molar-refractivity contribution in [1.82, 2.24) is 0 Å². The van der Waals surface area contributed by atoms with E-state index in [1.165, 1.54) is 11.1 Å². The van der Waals surface area contributed by atoms with Crippen molar-refractivity contribution in [3.05, 3.63) is 47.5 Å². The predicted molar refractivity (Wildman–Crippen MR) is 110 cm³/mol. The molecule has 6 heteroatoms. The fourth-order valence-corrected chi connectivity index (χ4v) is 3.83. The van der Waals surface area contributed by atoms with E-state index in [0.717, 1.165) is 35.8 Å². The SMILES string of the molecule is COC[C@@H](Cc1ccc(OC)c(OC)c1)[C@@H](COC)Cc1ccc2c(c1)OCO2. The first-order valence-corrected chi connectivity index (χ1v) is 9.75. The van der Waals surface area contributed by atoms with E-state index in [-0.39, 0.29) is 18.6 Å². The summed E-state index contributed by atoms with van der Waals surface area (Å²) < 4.78 is 32.9. The summed E-state index contributed by atoms with van der Waals surface area (Å²) in [6.45, 7) is 1.58. The number of ether oxygens (including phenoxy) is 6. The highest BCUT2D eigenvalue weighted by Crippen LogP contribution is 2.34. The number of methoxy groups -OCH3 is 4. The highest BCUT2D eigenvalue weighted by Gasteiger charge is 2.24. The zero-order chi connectivity index (χ0) is 20.6. The van der Waals surface area contributed by atoms with Crippen LogP contribution in [0.1, 0.15) is 11.1 Å². The average molecular weight is 402 g/mol. The lowest BCUT2D eigenvalue weighted by atomic mass is 9.83. The second-order valence-electron chi connectivity index (χ2n) is 7.22. The van der Waals surface area contributed by atoms with E-state index in [2.05, 4.69) is 18.2 Å². The van der Waals surface area contributed by atoms with Crippen molar-refractivity contribution in [1.29, 1.82) is 0 Å². The molecule has 0 unspecified atom stereocenters. The molecule has 1 aliphatic rings. The van der Waals surface area contributed by atoms with E-state index in [1.54, 1.807) is 28.4 Å². The Balaban J connectivity index is 1.78. The molecule has 1 heterocycles. The molecular formula is C23H30O6. The molecule has 0 fully saturated rings. The Hall–Kier alpha value is -2.44. The molecule has 0 bridgehead atoms. The fourth-order valence-electron chi connectivity index (χ4n) is 3.83. The van der Waals surface area contributed by atoms with Crippen LogP contribution in [0.2, 0.25) is 0 Å². The molecule has 0 aliphatic carbocycles. The predicted octanol–water partition coefficient (Wildman–Crippen LogP) is 3.74. The van der Waals surface area contributed by atoms with Gasteiger partial charge >= 0.3 is 0 Å². The van der Waals surface area contributed by atoms with E-state index < -0.39 is 0 Å². The summed E-state index contributed by atoms with van der Waals surface area (Å²) in [6, 6.07) is 12.2. The van der Waals surface area contributed by atoms with Crippen molar-refractivity contribution in [3.8, 4) is 23.0 Å². The smallest absolute Gasteiger partial charge is 0.231 e. The molecule has 6 nitrogen and oxygen atoms in total. The van der Waals surface area contributed by atoms with Crippen molar-refractivity contribution in [3.63, 3.8) is 0 Å². The highest BCUT2D eigenvalue weighted by molar-refractivity contribution is 5.45. The van der Waals surface area contributed by atoms with Crippen LogP contribution in [0.4, 0.5) is 0 Å². The lowest BCUT2D eigenvalue weighted by Gasteiger charge is -2.27. The quantitative estimate of drug-likeness (QED) is 0.571. The van der Waals surface area contributed by atoms with Crippen LogP contribution in [0.15, 0.2) is 36.4 Å². The van der Waals surface area contributed by atoms with Crippen molar-refractivity contribution in [2.75, 3.05) is 48.4 Å². The number of fused-ring (bicyclic) bond motifs is 1. The summed E-state index contributed by atoms with van der Waals surface area (Å²) in [6.07, 6.45) is 1.72. The molecule has 3 rings (SSSR count). The lowest BCUT2D eigenvalue weighted by Crippen LogP contribution is -2.27. The van der Waals surface area contributed by atoms with Gasteiger partial charge in [0.15, 0.2) is 23.0 Å². The van der Waals surface area contributed by atoms with Crippen LogP contribution in [-0.2, 0) is 22.3 Å². The Bertz CT molecular complexity index is 791. The Morgan fingerprint density at radius 1 is 0.724 bits per heavy atom. The molecule has 0 amide bonds. The second kappa shape index (κ2) is 10.4. The number of hydrogen-bond donors (Lipinski definition) is 0. The van der Waals surface area contributed by atoms with Crippen LogP contribution in [0, 0.1) is 11.8 Å². The zero-order valence-electron chi connectivity index (χ0n) is 17.6. The summed E-state index contributed by atoms with van der Waals surface area (Å²) in [7, 11) is 6.78. The topological polar surface area (TPSA) is 55.4 Å². The lowest BCUT2D eigenvalue weighted by molar-refractivity contribution is 0.0697. The number of hydrogen-bond acceptors (Lipinski definition) is 6. The zero-order valence-corrected chi connectivity index (χ0v) is 17.6. The summed E-state index contributed by atoms with van der Waals surface area (Å²) in [5.74, 6) is 3.64. The van der Waals surface area contributed by atoms with Crippen LogP contribution >= 0.6 is 0 Å². The molecule has 158 valence electrons. The molecule has 0 radical (unpaired) electrons. The molecule has 0 N–H and O–H groups in total. The second-order valence-corrected chi connectivity index (χ2v) is 7.22. The molecule has 0 aromatic heterocycles. The Labute approximate surface area is 172 Å². The summed E-state index contributed by atoms with van der Waals surface area (Å²) >= 11 is 0. The monoisotopic (exact) mass is 402 g/mol. The molecule has 2 aromatic rings. The van der Waals surface area contributed by atoms with Gasteiger partial charge in [0.25, 0.3) is 0 Å². The van der Waals surface area contributed by atoms with Gasteiger partial charge in [0, 0.05) is 27.4 Å². The van der Waals surface area contributed by atoms with E-state index >= 15 is 0 Å². The highest BCUT2D eigenvalue weighted by atomic mass is 16.7. The maximum absolute atomic E-state index is 5.56. The van der Waals surface area contributed by atoms with Crippen molar-refractivity contribution >= 4 is 0 Å². The van der Waals surface area contributed by atoms with E-state index in [0.29, 0.717) is 13.2 Å². The van der Waals surface area contributed by atoms with Gasteiger partial charge < -0.3 is 28.4 Å². The minimum absolute atomic E-state index is 0.281. The first-order chi connectivity index (χ1) is 14.2. The first-order valence-electron chi connectivity index (χ1n) is 9.75. The van der Waals surface area contributed by atoms with E-state index in [9.17, 15) is 0 Å². The molecule has 0 saturated carbocycles. The molecular weight excluding hydrogens is 372 g/mol. The van der Waals surface area contributed by atoms with Crippen LogP contribution in [0.5, 0.6) is 23.0 Å². The minimum Gasteiger partial charge on any atom is -0.493 e. The van der Waals surface area contributed by atoms with Crippen LogP contribution in [0.3, 0.4) is 0 Å². The molecule has 29 heavy (non-hydrogen) atoms. The van der Waals surface area contributed by atoms with Gasteiger partial charge in [0.1, 0.15) is 0 Å². The summed E-state index contributed by atoms with van der Waals surface area (Å²) in [5.41, 5.74) is 2.38. The molecule has 0 spiro atoms. The van der Waals surface area contributed by atoms with Gasteiger partial charge in [-0.05, 0) is 60.1 Å². The fraction of sp³-hybridized carbons (Fsp3) is 0.478. The van der Waals surface area contributed by atoms with Gasteiger partial charge in [0.05, 0.1) is 14.2 Å². The Morgan fingerprint density at radius 2 is 1.31 bits per heavy atom. The Morgan fingerprint density at radius 3 is 1.93 bits per heavy atom. The molecule has 1 aliphatic heterocycles. The maximum atomic E-state index is 5.56. The molecule has 2 aromatic carbocycles.